The van der Waals surface area contributed by atoms with Crippen LogP contribution in [0.15, 0.2) is 12.3 Å². The molecule has 0 N–H and O–H groups in total. The minimum Gasteiger partial charge on any atom is -0.480 e. The molecule has 0 amide bonds. The Morgan fingerprint density at radius 2 is 2.73 bits per heavy atom. The molecule has 0 saturated heterocycles. The Balaban J connectivity index is 3.08. The number of rotatable bonds is 2. The lowest BCUT2D eigenvalue weighted by atomic mass is 10.3. The summed E-state index contributed by atoms with van der Waals surface area (Å²) < 4.78 is 24.9. The van der Waals surface area contributed by atoms with Gasteiger partial charge in [-0.05, 0) is 6.07 Å². The highest BCUT2D eigenvalue weighted by Crippen LogP contribution is 2.20. The summed E-state index contributed by atoms with van der Waals surface area (Å²) >= 11 is 5.62. The summed E-state index contributed by atoms with van der Waals surface area (Å²) in [5, 5.41) is 0.106. The molecule has 11 heavy (non-hydrogen) atoms. The van der Waals surface area contributed by atoms with Gasteiger partial charge in [-0.2, -0.15) is 0 Å². The van der Waals surface area contributed by atoms with E-state index in [4.69, 9.17) is 15.7 Å². The number of aromatic nitrogens is 1. The summed E-state index contributed by atoms with van der Waals surface area (Å²) in [7, 11) is -2.64. The van der Waals surface area contributed by atoms with Crippen LogP contribution in [0.25, 0.3) is 0 Å². The third-order valence-electron chi connectivity index (χ3n) is 1.11. The third-order valence-corrected chi connectivity index (χ3v) is 1.44. The Hall–Kier alpha value is -1.09. The number of nitrogens with zero attached hydrogens (tertiary/aromatic N) is 1. The van der Waals surface area contributed by atoms with Gasteiger partial charge >= 0.3 is 0 Å². The van der Waals surface area contributed by atoms with Crippen LogP contribution < -0.4 is 4.74 Å². The van der Waals surface area contributed by atoms with Crippen LogP contribution in [-0.2, 0) is 0 Å². The first-order chi connectivity index (χ1) is 6.44. The number of carbonyl (C=O) groups is 1. The highest BCUT2D eigenvalue weighted by atomic mass is 35.5. The smallest absolute Gasteiger partial charge is 0.225 e. The first kappa shape index (κ1) is 4.72. The second-order valence-electron chi connectivity index (χ2n) is 1.73. The van der Waals surface area contributed by atoms with E-state index in [9.17, 15) is 4.79 Å². The van der Waals surface area contributed by atoms with E-state index in [2.05, 4.69) is 9.72 Å². The first-order valence-corrected chi connectivity index (χ1v) is 3.10. The van der Waals surface area contributed by atoms with Gasteiger partial charge in [-0.25, -0.2) is 4.98 Å². The molecule has 1 rings (SSSR count). The molecule has 0 saturated carbocycles. The van der Waals surface area contributed by atoms with Crippen LogP contribution in [0.1, 0.15) is 14.5 Å². The molecule has 0 aromatic carbocycles. The fraction of sp³-hybridized carbons (Fsp3) is 0.143. The lowest BCUT2D eigenvalue weighted by molar-refractivity contribution is 0.112. The van der Waals surface area contributed by atoms with E-state index >= 15 is 0 Å². The van der Waals surface area contributed by atoms with Crippen LogP contribution >= 0.6 is 11.6 Å². The second-order valence-corrected chi connectivity index (χ2v) is 2.14. The molecule has 0 radical (unpaired) electrons. The fourth-order valence-corrected chi connectivity index (χ4v) is 0.802. The molecule has 0 fully saturated rings. The summed E-state index contributed by atoms with van der Waals surface area (Å²) in [5.74, 6) is -0.285. The molecular weight excluding hydrogens is 166 g/mol. The van der Waals surface area contributed by atoms with Gasteiger partial charge < -0.3 is 4.74 Å². The van der Waals surface area contributed by atoms with Gasteiger partial charge in [-0.15, -0.1) is 0 Å². The van der Waals surface area contributed by atoms with Crippen molar-refractivity contribution in [3.05, 3.63) is 22.8 Å². The third kappa shape index (κ3) is 1.49. The molecule has 0 aliphatic rings. The van der Waals surface area contributed by atoms with Crippen molar-refractivity contribution in [3.63, 3.8) is 0 Å². The topological polar surface area (TPSA) is 39.2 Å². The molecule has 0 unspecified atom stereocenters. The number of methoxy groups -OCH3 is 1. The normalized spacial score (nSPS) is 14.5. The summed E-state index contributed by atoms with van der Waals surface area (Å²) in [4.78, 5) is 14.1. The molecule has 3 nitrogen and oxygen atoms in total. The van der Waals surface area contributed by atoms with Crippen molar-refractivity contribution in [3.8, 4) is 5.88 Å². The van der Waals surface area contributed by atoms with E-state index < -0.39 is 7.04 Å². The molecule has 1 aromatic rings. The number of aldehydes is 1. The van der Waals surface area contributed by atoms with Crippen molar-refractivity contribution >= 4 is 17.9 Å². The average Bonchev–Trinajstić information content (AvgIpc) is 2.01. The van der Waals surface area contributed by atoms with Crippen LogP contribution in [-0.4, -0.2) is 18.3 Å². The molecule has 0 aliphatic carbocycles. The van der Waals surface area contributed by atoms with Crippen LogP contribution in [0.5, 0.6) is 5.88 Å². The van der Waals surface area contributed by atoms with E-state index in [0.29, 0.717) is 6.29 Å². The van der Waals surface area contributed by atoms with Gasteiger partial charge in [-0.1, -0.05) is 11.6 Å². The number of carbonyl (C=O) groups excluding carboxylic acids is 1. The molecule has 0 bridgehead atoms. The Morgan fingerprint density at radius 1 is 1.91 bits per heavy atom. The highest BCUT2D eigenvalue weighted by molar-refractivity contribution is 6.33. The van der Waals surface area contributed by atoms with Crippen molar-refractivity contribution < 1.29 is 13.6 Å². The number of ether oxygens (including phenoxy) is 1. The lowest BCUT2D eigenvalue weighted by Gasteiger charge is -2.01. The Kier molecular flexibility index (Phi) is 1.44. The predicted molar refractivity (Wildman–Crippen MR) is 41.2 cm³/mol. The quantitative estimate of drug-likeness (QED) is 0.639. The van der Waals surface area contributed by atoms with Gasteiger partial charge in [0.2, 0.25) is 5.88 Å². The van der Waals surface area contributed by atoms with Crippen molar-refractivity contribution in [2.45, 2.75) is 0 Å². The molecule has 4 heteroatoms. The molecule has 0 aliphatic heterocycles. The summed E-state index contributed by atoms with van der Waals surface area (Å²) in [6, 6.07) is 1.37. The van der Waals surface area contributed by atoms with E-state index in [1.54, 1.807) is 0 Å². The largest absolute Gasteiger partial charge is 0.480 e. The predicted octanol–water partition coefficient (Wildman–Crippen LogP) is 1.56. The van der Waals surface area contributed by atoms with Crippen molar-refractivity contribution in [1.29, 1.82) is 0 Å². The zero-order valence-electron chi connectivity index (χ0n) is 8.37. The van der Waals surface area contributed by atoms with Crippen molar-refractivity contribution in [2.75, 3.05) is 7.04 Å². The van der Waals surface area contributed by atoms with E-state index in [1.807, 2.05) is 0 Å². The van der Waals surface area contributed by atoms with E-state index in [-0.39, 0.29) is 16.5 Å². The van der Waals surface area contributed by atoms with Crippen LogP contribution in [0.2, 0.25) is 5.02 Å². The van der Waals surface area contributed by atoms with Crippen molar-refractivity contribution in [2.24, 2.45) is 0 Å². The number of hydrogen-bond donors (Lipinski definition) is 0. The van der Waals surface area contributed by atoms with E-state index in [0.717, 1.165) is 0 Å². The lowest BCUT2D eigenvalue weighted by Crippen LogP contribution is -1.93. The Labute approximate surface area is 73.2 Å². The minimum absolute atomic E-state index is 0.0645. The molecular formula is C7H6ClNO2. The zero-order valence-corrected chi connectivity index (χ0v) is 6.13. The second kappa shape index (κ2) is 3.34. The van der Waals surface area contributed by atoms with Gasteiger partial charge in [0.05, 0.1) is 21.7 Å². The van der Waals surface area contributed by atoms with Gasteiger partial charge in [-0.3, -0.25) is 4.79 Å². The maximum Gasteiger partial charge on any atom is 0.225 e. The van der Waals surface area contributed by atoms with Gasteiger partial charge in [0.25, 0.3) is 0 Å². The summed E-state index contributed by atoms with van der Waals surface area (Å²) in [6.07, 6.45) is 1.66. The Bertz CT molecular complexity index is 353. The van der Waals surface area contributed by atoms with Gasteiger partial charge in [0.1, 0.15) is 0 Å². The zero-order chi connectivity index (χ0) is 10.8. The SMILES string of the molecule is [2H]C([2H])([2H])Oc1nccc(Cl)c1C=O. The summed E-state index contributed by atoms with van der Waals surface area (Å²) in [5.41, 5.74) is -0.0645. The molecule has 1 heterocycles. The first-order valence-electron chi connectivity index (χ1n) is 4.23. The highest BCUT2D eigenvalue weighted by Gasteiger charge is 2.06. The maximum absolute atomic E-state index is 10.5. The molecule has 0 spiro atoms. The number of hydrogen-bond acceptors (Lipinski definition) is 3. The van der Waals surface area contributed by atoms with Crippen LogP contribution in [0.3, 0.4) is 0 Å². The molecule has 58 valence electrons. The van der Waals surface area contributed by atoms with Gasteiger partial charge in [0.15, 0.2) is 6.29 Å². The van der Waals surface area contributed by atoms with E-state index in [1.165, 1.54) is 12.3 Å². The van der Waals surface area contributed by atoms with Crippen molar-refractivity contribution in [1.82, 2.24) is 4.98 Å². The standard InChI is InChI=1S/C7H6ClNO2/c1-11-7-5(4-10)6(8)2-3-9-7/h2-4H,1H3/i1D3. The van der Waals surface area contributed by atoms with Gasteiger partial charge in [0, 0.05) is 6.20 Å². The Morgan fingerprint density at radius 3 is 3.36 bits per heavy atom. The average molecular weight is 175 g/mol. The minimum atomic E-state index is -2.64. The molecule has 1 aromatic heterocycles. The number of halogens is 1. The maximum atomic E-state index is 10.5. The molecule has 0 atom stereocenters. The fourth-order valence-electron chi connectivity index (χ4n) is 0.620. The number of pyridine rings is 1. The summed E-state index contributed by atoms with van der Waals surface area (Å²) in [6.45, 7) is 0. The van der Waals surface area contributed by atoms with Crippen LogP contribution in [0, 0.1) is 0 Å². The monoisotopic (exact) mass is 174 g/mol. The van der Waals surface area contributed by atoms with Crippen LogP contribution in [0.4, 0.5) is 0 Å².